The molecule has 1 aromatic rings. The highest BCUT2D eigenvalue weighted by Gasteiger charge is 2.22. The molecule has 2 rings (SSSR count). The second kappa shape index (κ2) is 11.2. The van der Waals surface area contributed by atoms with Crippen molar-refractivity contribution in [1.82, 2.24) is 20.4 Å². The Hall–Kier alpha value is -2.90. The molecular formula is C21H30N4O4. The molecule has 2 N–H and O–H groups in total. The van der Waals surface area contributed by atoms with Crippen LogP contribution in [-0.2, 0) is 20.9 Å². The molecule has 1 aliphatic rings. The molecule has 0 unspecified atom stereocenters. The molecule has 0 atom stereocenters. The van der Waals surface area contributed by atoms with E-state index in [9.17, 15) is 19.2 Å². The average molecular weight is 402 g/mol. The molecule has 0 bridgehead atoms. The number of piperazine rings is 1. The molecule has 0 aliphatic carbocycles. The Morgan fingerprint density at radius 3 is 2.41 bits per heavy atom. The molecule has 29 heavy (non-hydrogen) atoms. The van der Waals surface area contributed by atoms with Crippen LogP contribution in [0, 0.1) is 0 Å². The fourth-order valence-electron chi connectivity index (χ4n) is 3.18. The first kappa shape index (κ1) is 22.4. The molecule has 1 heterocycles. The summed E-state index contributed by atoms with van der Waals surface area (Å²) in [5.74, 6) is -0.345. The van der Waals surface area contributed by atoms with Gasteiger partial charge in [0.1, 0.15) is 0 Å². The highest BCUT2D eigenvalue weighted by Crippen LogP contribution is 2.09. The number of benzene rings is 1. The lowest BCUT2D eigenvalue weighted by atomic mass is 10.1. The fraction of sp³-hybridized carbons (Fsp3) is 0.524. The lowest BCUT2D eigenvalue weighted by molar-refractivity contribution is -0.131. The predicted octanol–water partition coefficient (Wildman–Crippen LogP) is 0.914. The summed E-state index contributed by atoms with van der Waals surface area (Å²) in [6.07, 6.45) is 1.21. The summed E-state index contributed by atoms with van der Waals surface area (Å²) in [6, 6.07) is 7.00. The van der Waals surface area contributed by atoms with Crippen molar-refractivity contribution in [3.8, 4) is 0 Å². The fourth-order valence-corrected chi connectivity index (χ4v) is 3.18. The smallest absolute Gasteiger partial charge is 0.254 e. The molecule has 0 radical (unpaired) electrons. The van der Waals surface area contributed by atoms with E-state index in [0.29, 0.717) is 57.5 Å². The summed E-state index contributed by atoms with van der Waals surface area (Å²) in [6.45, 7) is 6.66. The summed E-state index contributed by atoms with van der Waals surface area (Å²) in [7, 11) is 0. The van der Waals surface area contributed by atoms with Crippen molar-refractivity contribution in [2.75, 3.05) is 32.7 Å². The van der Waals surface area contributed by atoms with Gasteiger partial charge in [0.05, 0.1) is 6.54 Å². The van der Waals surface area contributed by atoms with Gasteiger partial charge in [-0.1, -0.05) is 12.1 Å². The first-order chi connectivity index (χ1) is 13.9. The van der Waals surface area contributed by atoms with Gasteiger partial charge < -0.3 is 20.4 Å². The minimum atomic E-state index is -0.173. The quantitative estimate of drug-likeness (QED) is 0.641. The van der Waals surface area contributed by atoms with Crippen LogP contribution < -0.4 is 10.6 Å². The normalized spacial score (nSPS) is 13.6. The van der Waals surface area contributed by atoms with Gasteiger partial charge in [-0.3, -0.25) is 19.2 Å². The van der Waals surface area contributed by atoms with Crippen LogP contribution >= 0.6 is 0 Å². The van der Waals surface area contributed by atoms with Crippen molar-refractivity contribution in [2.24, 2.45) is 0 Å². The van der Waals surface area contributed by atoms with Gasteiger partial charge in [-0.05, 0) is 38.0 Å². The average Bonchev–Trinajstić information content (AvgIpc) is 2.73. The molecule has 8 heteroatoms. The predicted molar refractivity (Wildman–Crippen MR) is 109 cm³/mol. The van der Waals surface area contributed by atoms with E-state index < -0.39 is 0 Å². The molecule has 0 aromatic heterocycles. The number of carbonyl (C=O) groups is 4. The largest absolute Gasteiger partial charge is 0.353 e. The first-order valence-corrected chi connectivity index (χ1v) is 10.1. The third-order valence-electron chi connectivity index (χ3n) is 4.93. The zero-order valence-corrected chi connectivity index (χ0v) is 17.2. The second-order valence-electron chi connectivity index (χ2n) is 6.97. The van der Waals surface area contributed by atoms with Crippen LogP contribution in [0.2, 0.25) is 0 Å². The van der Waals surface area contributed by atoms with Gasteiger partial charge in [0.25, 0.3) is 5.91 Å². The van der Waals surface area contributed by atoms with Crippen molar-refractivity contribution < 1.29 is 19.2 Å². The van der Waals surface area contributed by atoms with Crippen LogP contribution in [0.3, 0.4) is 0 Å². The number of nitrogens with zero attached hydrogens (tertiary/aromatic N) is 2. The Bertz CT molecular complexity index is 729. The molecule has 0 spiro atoms. The third-order valence-corrected chi connectivity index (χ3v) is 4.93. The molecule has 0 saturated carbocycles. The highest BCUT2D eigenvalue weighted by molar-refractivity contribution is 5.97. The Balaban J connectivity index is 1.74. The highest BCUT2D eigenvalue weighted by atomic mass is 16.2. The van der Waals surface area contributed by atoms with Crippen molar-refractivity contribution in [3.63, 3.8) is 0 Å². The van der Waals surface area contributed by atoms with Gasteiger partial charge in [-0.2, -0.15) is 0 Å². The maximum absolute atomic E-state index is 12.4. The van der Waals surface area contributed by atoms with Gasteiger partial charge in [0, 0.05) is 51.1 Å². The maximum Gasteiger partial charge on any atom is 0.254 e. The lowest BCUT2D eigenvalue weighted by Crippen LogP contribution is -2.49. The van der Waals surface area contributed by atoms with E-state index in [2.05, 4.69) is 10.6 Å². The molecule has 8 nitrogen and oxygen atoms in total. The van der Waals surface area contributed by atoms with Crippen molar-refractivity contribution in [1.29, 1.82) is 0 Å². The zero-order chi connectivity index (χ0) is 21.2. The van der Waals surface area contributed by atoms with Crippen molar-refractivity contribution in [3.05, 3.63) is 35.4 Å². The van der Waals surface area contributed by atoms with E-state index in [0.717, 1.165) is 5.56 Å². The summed E-state index contributed by atoms with van der Waals surface area (Å²) in [5, 5.41) is 5.53. The Labute approximate surface area is 171 Å². The Kier molecular flexibility index (Phi) is 8.64. The number of carbonyl (C=O) groups excluding carboxylic acids is 4. The van der Waals surface area contributed by atoms with Crippen LogP contribution in [-0.4, -0.2) is 66.2 Å². The molecular weight excluding hydrogens is 372 g/mol. The number of nitrogens with one attached hydrogen (secondary N) is 2. The van der Waals surface area contributed by atoms with E-state index in [1.54, 1.807) is 29.2 Å². The topological polar surface area (TPSA) is 98.8 Å². The van der Waals surface area contributed by atoms with Crippen LogP contribution in [0.4, 0.5) is 0 Å². The number of hydrogen-bond donors (Lipinski definition) is 2. The van der Waals surface area contributed by atoms with E-state index >= 15 is 0 Å². The molecule has 1 aliphatic heterocycles. The molecule has 1 aromatic carbocycles. The standard InChI is InChI=1S/C21H30N4O4/c1-3-24(4-2)20(28)7-5-6-18(26)23-14-16-8-10-17(11-9-16)21(29)25-13-12-22-19(27)15-25/h8-11H,3-7,12-15H2,1-2H3,(H,22,27)(H,23,26). The number of rotatable bonds is 9. The van der Waals surface area contributed by atoms with Crippen molar-refractivity contribution >= 4 is 23.6 Å². The minimum absolute atomic E-state index is 0.0768. The maximum atomic E-state index is 12.4. The minimum Gasteiger partial charge on any atom is -0.353 e. The summed E-state index contributed by atoms with van der Waals surface area (Å²) in [5.41, 5.74) is 1.40. The van der Waals surface area contributed by atoms with E-state index in [1.807, 2.05) is 13.8 Å². The van der Waals surface area contributed by atoms with Crippen LogP contribution in [0.1, 0.15) is 49.0 Å². The second-order valence-corrected chi connectivity index (χ2v) is 6.97. The van der Waals surface area contributed by atoms with Crippen molar-refractivity contribution in [2.45, 2.75) is 39.7 Å². The van der Waals surface area contributed by atoms with Gasteiger partial charge >= 0.3 is 0 Å². The summed E-state index contributed by atoms with van der Waals surface area (Å²) >= 11 is 0. The van der Waals surface area contributed by atoms with E-state index in [1.165, 1.54) is 4.90 Å². The number of hydrogen-bond acceptors (Lipinski definition) is 4. The molecule has 1 saturated heterocycles. The van der Waals surface area contributed by atoms with Gasteiger partial charge in [-0.25, -0.2) is 0 Å². The lowest BCUT2D eigenvalue weighted by Gasteiger charge is -2.26. The van der Waals surface area contributed by atoms with Crippen LogP contribution in [0.5, 0.6) is 0 Å². The zero-order valence-electron chi connectivity index (χ0n) is 17.2. The van der Waals surface area contributed by atoms with Gasteiger partial charge in [0.15, 0.2) is 0 Å². The Morgan fingerprint density at radius 1 is 1.10 bits per heavy atom. The van der Waals surface area contributed by atoms with Gasteiger partial charge in [-0.15, -0.1) is 0 Å². The molecule has 4 amide bonds. The summed E-state index contributed by atoms with van der Waals surface area (Å²) in [4.78, 5) is 51.0. The van der Waals surface area contributed by atoms with Crippen LogP contribution in [0.15, 0.2) is 24.3 Å². The van der Waals surface area contributed by atoms with Crippen LogP contribution in [0.25, 0.3) is 0 Å². The van der Waals surface area contributed by atoms with Gasteiger partial charge in [0.2, 0.25) is 17.7 Å². The molecule has 158 valence electrons. The third kappa shape index (κ3) is 6.89. The Morgan fingerprint density at radius 2 is 1.79 bits per heavy atom. The van der Waals surface area contributed by atoms with E-state index in [4.69, 9.17) is 0 Å². The SMILES string of the molecule is CCN(CC)C(=O)CCCC(=O)NCc1ccc(C(=O)N2CCNC(=O)C2)cc1. The number of amides is 4. The summed E-state index contributed by atoms with van der Waals surface area (Å²) < 4.78 is 0. The monoisotopic (exact) mass is 402 g/mol. The van der Waals surface area contributed by atoms with E-state index in [-0.39, 0.29) is 30.2 Å². The molecule has 1 fully saturated rings. The first-order valence-electron chi connectivity index (χ1n) is 10.1.